The van der Waals surface area contributed by atoms with Crippen molar-refractivity contribution >= 4 is 17.7 Å². The smallest absolute Gasteiger partial charge is 0.410 e. The molecule has 0 bridgehead atoms. The molecular weight excluding hydrogens is 256 g/mol. The molecule has 1 aromatic rings. The molecule has 0 spiro atoms. The fraction of sp³-hybridized carbons (Fsp3) is 0.467. The fourth-order valence-corrected chi connectivity index (χ4v) is 2.07. The van der Waals surface area contributed by atoms with Gasteiger partial charge in [-0.15, -0.1) is 0 Å². The Morgan fingerprint density at radius 3 is 2.65 bits per heavy atom. The van der Waals surface area contributed by atoms with Crippen LogP contribution in [-0.4, -0.2) is 36.6 Å². The molecule has 1 aliphatic rings. The summed E-state index contributed by atoms with van der Waals surface area (Å²) in [7, 11) is 0. The van der Waals surface area contributed by atoms with E-state index in [1.165, 1.54) is 10.5 Å². The van der Waals surface area contributed by atoms with Gasteiger partial charge in [-0.1, -0.05) is 26.0 Å². The number of nitrogens with zero attached hydrogens (tertiary/aromatic N) is 1. The van der Waals surface area contributed by atoms with E-state index in [0.717, 1.165) is 12.1 Å². The normalized spacial score (nSPS) is 15.2. The van der Waals surface area contributed by atoms with E-state index in [-0.39, 0.29) is 12.5 Å². The molecule has 1 aromatic carbocycles. The molecule has 0 aromatic heterocycles. The van der Waals surface area contributed by atoms with Crippen LogP contribution in [0.1, 0.15) is 31.7 Å². The summed E-state index contributed by atoms with van der Waals surface area (Å²) in [6, 6.07) is 7.74. The Balaban J connectivity index is 1.89. The zero-order chi connectivity index (χ0) is 14.5. The maximum atomic E-state index is 11.9. The van der Waals surface area contributed by atoms with Crippen LogP contribution < -0.4 is 5.32 Å². The summed E-state index contributed by atoms with van der Waals surface area (Å²) in [4.78, 5) is 24.7. The van der Waals surface area contributed by atoms with Crippen LogP contribution in [0.4, 0.5) is 10.5 Å². The third kappa shape index (κ3) is 3.73. The molecule has 0 saturated carbocycles. The van der Waals surface area contributed by atoms with Crippen LogP contribution in [0.15, 0.2) is 24.3 Å². The molecule has 1 saturated heterocycles. The predicted octanol–water partition coefficient (Wildman–Crippen LogP) is 2.59. The van der Waals surface area contributed by atoms with Gasteiger partial charge in [-0.25, -0.2) is 4.79 Å². The van der Waals surface area contributed by atoms with Gasteiger partial charge in [-0.05, 0) is 30.0 Å². The molecule has 1 fully saturated rings. The van der Waals surface area contributed by atoms with Gasteiger partial charge in [-0.3, -0.25) is 9.69 Å². The quantitative estimate of drug-likeness (QED) is 0.919. The molecule has 0 unspecified atom stereocenters. The number of ether oxygens (including phenoxy) is 1. The predicted molar refractivity (Wildman–Crippen MR) is 76.7 cm³/mol. The van der Waals surface area contributed by atoms with Crippen molar-refractivity contribution in [2.75, 3.05) is 25.0 Å². The van der Waals surface area contributed by atoms with Crippen LogP contribution >= 0.6 is 0 Å². The second kappa shape index (κ2) is 6.41. The maximum Gasteiger partial charge on any atom is 0.410 e. The molecule has 5 heteroatoms. The van der Waals surface area contributed by atoms with E-state index >= 15 is 0 Å². The number of nitrogens with one attached hydrogen (secondary N) is 1. The third-order valence-electron chi connectivity index (χ3n) is 3.25. The van der Waals surface area contributed by atoms with Crippen LogP contribution in [0, 0.1) is 0 Å². The van der Waals surface area contributed by atoms with Crippen molar-refractivity contribution in [1.29, 1.82) is 0 Å². The lowest BCUT2D eigenvalue weighted by molar-refractivity contribution is -0.117. The second-order valence-electron chi connectivity index (χ2n) is 5.21. The van der Waals surface area contributed by atoms with Crippen molar-refractivity contribution in [2.24, 2.45) is 0 Å². The Hall–Kier alpha value is -2.04. The number of amides is 2. The van der Waals surface area contributed by atoms with E-state index < -0.39 is 6.09 Å². The molecular formula is C15H20N2O3. The number of carbonyl (C=O) groups is 2. The van der Waals surface area contributed by atoms with Gasteiger partial charge in [0.25, 0.3) is 0 Å². The summed E-state index contributed by atoms with van der Waals surface area (Å²) in [5, 5.41) is 2.79. The lowest BCUT2D eigenvalue weighted by Gasteiger charge is -2.25. The molecule has 1 aliphatic heterocycles. The first-order valence-corrected chi connectivity index (χ1v) is 6.88. The van der Waals surface area contributed by atoms with Gasteiger partial charge < -0.3 is 10.1 Å². The molecule has 2 amide bonds. The number of anilines is 1. The Morgan fingerprint density at radius 2 is 2.05 bits per heavy atom. The first-order valence-electron chi connectivity index (χ1n) is 6.88. The molecule has 108 valence electrons. The standard InChI is InChI=1S/C15H20N2O3/c1-11(2)12-4-6-13(7-5-12)16-14(18)10-17-8-3-9-20-15(17)19/h4-7,11H,3,8-10H2,1-2H3,(H,16,18). The Morgan fingerprint density at radius 1 is 1.35 bits per heavy atom. The topological polar surface area (TPSA) is 58.6 Å². The summed E-state index contributed by atoms with van der Waals surface area (Å²) < 4.78 is 4.89. The van der Waals surface area contributed by atoms with Gasteiger partial charge in [0.15, 0.2) is 0 Å². The van der Waals surface area contributed by atoms with Gasteiger partial charge >= 0.3 is 6.09 Å². The SMILES string of the molecule is CC(C)c1ccc(NC(=O)CN2CCCOC2=O)cc1. The lowest BCUT2D eigenvalue weighted by Crippen LogP contribution is -2.42. The average Bonchev–Trinajstić information content (AvgIpc) is 2.42. The second-order valence-corrected chi connectivity index (χ2v) is 5.21. The summed E-state index contributed by atoms with van der Waals surface area (Å²) in [6.45, 7) is 5.28. The molecule has 5 nitrogen and oxygen atoms in total. The number of carbonyl (C=O) groups excluding carboxylic acids is 2. The Labute approximate surface area is 118 Å². The summed E-state index contributed by atoms with van der Waals surface area (Å²) in [5.41, 5.74) is 1.97. The van der Waals surface area contributed by atoms with Crippen molar-refractivity contribution in [3.8, 4) is 0 Å². The molecule has 1 N–H and O–H groups in total. The number of rotatable bonds is 4. The highest BCUT2D eigenvalue weighted by atomic mass is 16.6. The first-order chi connectivity index (χ1) is 9.56. The van der Waals surface area contributed by atoms with Crippen molar-refractivity contribution < 1.29 is 14.3 Å². The van der Waals surface area contributed by atoms with Crippen molar-refractivity contribution in [3.63, 3.8) is 0 Å². The van der Waals surface area contributed by atoms with Crippen LogP contribution in [-0.2, 0) is 9.53 Å². The monoisotopic (exact) mass is 276 g/mol. The van der Waals surface area contributed by atoms with Crippen LogP contribution in [0.5, 0.6) is 0 Å². The molecule has 0 aliphatic carbocycles. The van der Waals surface area contributed by atoms with Gasteiger partial charge in [0, 0.05) is 12.2 Å². The third-order valence-corrected chi connectivity index (χ3v) is 3.25. The van der Waals surface area contributed by atoms with Crippen LogP contribution in [0.3, 0.4) is 0 Å². The molecule has 0 radical (unpaired) electrons. The largest absolute Gasteiger partial charge is 0.449 e. The van der Waals surface area contributed by atoms with Crippen LogP contribution in [0.25, 0.3) is 0 Å². The van der Waals surface area contributed by atoms with Gasteiger partial charge in [0.2, 0.25) is 5.91 Å². The number of hydrogen-bond acceptors (Lipinski definition) is 3. The van der Waals surface area contributed by atoms with Crippen molar-refractivity contribution in [3.05, 3.63) is 29.8 Å². The van der Waals surface area contributed by atoms with E-state index in [1.54, 1.807) is 0 Å². The lowest BCUT2D eigenvalue weighted by atomic mass is 10.0. The molecule has 20 heavy (non-hydrogen) atoms. The van der Waals surface area contributed by atoms with Crippen LogP contribution in [0.2, 0.25) is 0 Å². The number of cyclic esters (lactones) is 1. The van der Waals surface area contributed by atoms with Gasteiger partial charge in [0.05, 0.1) is 6.61 Å². The highest BCUT2D eigenvalue weighted by Crippen LogP contribution is 2.17. The minimum atomic E-state index is -0.415. The maximum absolute atomic E-state index is 11.9. The Bertz CT molecular complexity index is 482. The summed E-state index contributed by atoms with van der Waals surface area (Å²) in [6.07, 6.45) is 0.351. The van der Waals surface area contributed by atoms with Gasteiger partial charge in [0.1, 0.15) is 6.54 Å². The zero-order valence-electron chi connectivity index (χ0n) is 11.9. The highest BCUT2D eigenvalue weighted by Gasteiger charge is 2.21. The van der Waals surface area contributed by atoms with Crippen molar-refractivity contribution in [1.82, 2.24) is 4.90 Å². The minimum absolute atomic E-state index is 0.0325. The summed E-state index contributed by atoms with van der Waals surface area (Å²) >= 11 is 0. The van der Waals surface area contributed by atoms with Gasteiger partial charge in [-0.2, -0.15) is 0 Å². The average molecular weight is 276 g/mol. The number of benzene rings is 1. The highest BCUT2D eigenvalue weighted by molar-refractivity contribution is 5.93. The molecule has 1 heterocycles. The number of hydrogen-bond donors (Lipinski definition) is 1. The van der Waals surface area contributed by atoms with E-state index in [9.17, 15) is 9.59 Å². The Kier molecular flexibility index (Phi) is 4.61. The fourth-order valence-electron chi connectivity index (χ4n) is 2.07. The van der Waals surface area contributed by atoms with E-state index in [1.807, 2.05) is 24.3 Å². The van der Waals surface area contributed by atoms with E-state index in [4.69, 9.17) is 4.74 Å². The minimum Gasteiger partial charge on any atom is -0.449 e. The van der Waals surface area contributed by atoms with Crippen molar-refractivity contribution in [2.45, 2.75) is 26.2 Å². The zero-order valence-corrected chi connectivity index (χ0v) is 11.9. The first kappa shape index (κ1) is 14.4. The van der Waals surface area contributed by atoms with E-state index in [0.29, 0.717) is 19.1 Å². The molecule has 0 atom stereocenters. The summed E-state index contributed by atoms with van der Waals surface area (Å²) in [5.74, 6) is 0.254. The molecule has 2 rings (SSSR count). The van der Waals surface area contributed by atoms with E-state index in [2.05, 4.69) is 19.2 Å².